The number of aromatic carboxylic acids is 1. The maximum Gasteiger partial charge on any atom is 0.340 e. The van der Waals surface area contributed by atoms with Crippen molar-refractivity contribution >= 4 is 23.0 Å². The van der Waals surface area contributed by atoms with Crippen LogP contribution in [-0.4, -0.2) is 11.1 Å². The molecular weight excluding hydrogens is 277 g/mol. The van der Waals surface area contributed by atoms with Crippen molar-refractivity contribution in [3.63, 3.8) is 0 Å². The van der Waals surface area contributed by atoms with Crippen molar-refractivity contribution in [2.24, 2.45) is 5.92 Å². The molecule has 0 aliphatic heterocycles. The summed E-state index contributed by atoms with van der Waals surface area (Å²) in [6.45, 7) is 4.08. The number of rotatable bonds is 5. The molecule has 0 bridgehead atoms. The lowest BCUT2D eigenvalue weighted by atomic mass is 10.0. The van der Waals surface area contributed by atoms with Gasteiger partial charge in [0.05, 0.1) is 11.7 Å². The number of hydrogen-bond acceptors (Lipinski definition) is 3. The number of thiophene rings is 1. The minimum absolute atomic E-state index is 0.0464. The van der Waals surface area contributed by atoms with Crippen LogP contribution in [0.4, 0.5) is 10.1 Å². The summed E-state index contributed by atoms with van der Waals surface area (Å²) >= 11 is 1.59. The molecule has 1 atom stereocenters. The average molecular weight is 293 g/mol. The third-order valence-electron chi connectivity index (χ3n) is 3.05. The van der Waals surface area contributed by atoms with E-state index in [1.165, 1.54) is 6.07 Å². The Morgan fingerprint density at radius 2 is 2.05 bits per heavy atom. The number of carbonyl (C=O) groups is 1. The van der Waals surface area contributed by atoms with E-state index in [1.54, 1.807) is 17.4 Å². The van der Waals surface area contributed by atoms with Gasteiger partial charge in [-0.2, -0.15) is 0 Å². The maximum absolute atomic E-state index is 13.7. The molecule has 0 aliphatic rings. The monoisotopic (exact) mass is 293 g/mol. The van der Waals surface area contributed by atoms with Crippen LogP contribution in [0.15, 0.2) is 35.7 Å². The van der Waals surface area contributed by atoms with Crippen LogP contribution in [0.2, 0.25) is 0 Å². The van der Waals surface area contributed by atoms with E-state index in [-0.39, 0.29) is 17.5 Å². The molecule has 1 heterocycles. The zero-order valence-corrected chi connectivity index (χ0v) is 12.1. The first kappa shape index (κ1) is 14.5. The van der Waals surface area contributed by atoms with E-state index in [2.05, 4.69) is 5.32 Å². The largest absolute Gasteiger partial charge is 0.478 e. The molecule has 2 N–H and O–H groups in total. The van der Waals surface area contributed by atoms with Crippen LogP contribution in [0.1, 0.15) is 35.1 Å². The van der Waals surface area contributed by atoms with Crippen LogP contribution in [0.3, 0.4) is 0 Å². The maximum atomic E-state index is 13.7. The molecule has 0 aliphatic carbocycles. The van der Waals surface area contributed by atoms with E-state index < -0.39 is 11.8 Å². The Labute approximate surface area is 121 Å². The van der Waals surface area contributed by atoms with Gasteiger partial charge < -0.3 is 10.4 Å². The first-order valence-electron chi connectivity index (χ1n) is 6.32. The summed E-state index contributed by atoms with van der Waals surface area (Å²) in [5, 5.41) is 14.3. The molecule has 1 aromatic carbocycles. The second-order valence-corrected chi connectivity index (χ2v) is 5.83. The van der Waals surface area contributed by atoms with Gasteiger partial charge in [0.25, 0.3) is 0 Å². The van der Waals surface area contributed by atoms with Crippen LogP contribution in [0.25, 0.3) is 0 Å². The Kier molecular flexibility index (Phi) is 4.39. The van der Waals surface area contributed by atoms with Gasteiger partial charge in [0.1, 0.15) is 11.4 Å². The molecule has 3 nitrogen and oxygen atoms in total. The Bertz CT molecular complexity index is 596. The van der Waals surface area contributed by atoms with Crippen molar-refractivity contribution in [3.8, 4) is 0 Å². The molecule has 0 fully saturated rings. The highest BCUT2D eigenvalue weighted by Gasteiger charge is 2.21. The fourth-order valence-corrected chi connectivity index (χ4v) is 3.01. The zero-order chi connectivity index (χ0) is 14.7. The fourth-order valence-electron chi connectivity index (χ4n) is 2.06. The summed E-state index contributed by atoms with van der Waals surface area (Å²) in [7, 11) is 0. The Balaban J connectivity index is 2.37. The summed E-state index contributed by atoms with van der Waals surface area (Å²) < 4.78 is 13.7. The van der Waals surface area contributed by atoms with E-state index in [4.69, 9.17) is 5.11 Å². The molecule has 2 aromatic rings. The molecule has 0 saturated heterocycles. The molecule has 106 valence electrons. The minimum Gasteiger partial charge on any atom is -0.478 e. The van der Waals surface area contributed by atoms with Crippen molar-refractivity contribution in [2.45, 2.75) is 19.9 Å². The lowest BCUT2D eigenvalue weighted by molar-refractivity contribution is 0.0693. The standard InChI is InChI=1S/C15H16FNO2S/c1-9(2)14(12-7-4-8-20-12)17-11-6-3-5-10(16)13(11)15(18)19/h3-9,14,17H,1-2H3,(H,18,19). The molecule has 1 unspecified atom stereocenters. The lowest BCUT2D eigenvalue weighted by Crippen LogP contribution is -2.18. The van der Waals surface area contributed by atoms with Crippen LogP contribution in [0.5, 0.6) is 0 Å². The summed E-state index contributed by atoms with van der Waals surface area (Å²) in [6, 6.07) is 8.15. The second kappa shape index (κ2) is 6.05. The number of hydrogen-bond donors (Lipinski definition) is 2. The minimum atomic E-state index is -1.26. The highest BCUT2D eigenvalue weighted by molar-refractivity contribution is 7.10. The number of carboxylic acid groups (broad SMARTS) is 1. The van der Waals surface area contributed by atoms with Gasteiger partial charge in [-0.15, -0.1) is 11.3 Å². The third-order valence-corrected chi connectivity index (χ3v) is 4.01. The number of carboxylic acids is 1. The van der Waals surface area contributed by atoms with Gasteiger partial charge >= 0.3 is 5.97 Å². The number of anilines is 1. The van der Waals surface area contributed by atoms with E-state index in [9.17, 15) is 9.18 Å². The first-order valence-corrected chi connectivity index (χ1v) is 7.20. The number of nitrogens with one attached hydrogen (secondary N) is 1. The number of halogens is 1. The van der Waals surface area contributed by atoms with Crippen molar-refractivity contribution in [2.75, 3.05) is 5.32 Å². The normalized spacial score (nSPS) is 12.4. The van der Waals surface area contributed by atoms with Crippen molar-refractivity contribution < 1.29 is 14.3 Å². The molecule has 0 saturated carbocycles. The summed E-state index contributed by atoms with van der Waals surface area (Å²) in [6.07, 6.45) is 0. The van der Waals surface area contributed by atoms with Gasteiger partial charge in [-0.1, -0.05) is 26.0 Å². The quantitative estimate of drug-likeness (QED) is 0.859. The predicted octanol–water partition coefficient (Wildman–Crippen LogP) is 4.39. The van der Waals surface area contributed by atoms with Gasteiger partial charge in [0.2, 0.25) is 0 Å². The molecular formula is C15H16FNO2S. The molecule has 0 spiro atoms. The van der Waals surface area contributed by atoms with Gasteiger partial charge in [-0.3, -0.25) is 0 Å². The Morgan fingerprint density at radius 3 is 2.60 bits per heavy atom. The highest BCUT2D eigenvalue weighted by atomic mass is 32.1. The molecule has 1 aromatic heterocycles. The Morgan fingerprint density at radius 1 is 1.30 bits per heavy atom. The van der Waals surface area contributed by atoms with Crippen LogP contribution >= 0.6 is 11.3 Å². The smallest absolute Gasteiger partial charge is 0.340 e. The molecule has 2 rings (SSSR count). The van der Waals surface area contributed by atoms with Gasteiger partial charge in [0, 0.05) is 4.88 Å². The van der Waals surface area contributed by atoms with E-state index in [0.717, 1.165) is 10.9 Å². The summed E-state index contributed by atoms with van der Waals surface area (Å²) in [5.74, 6) is -1.74. The molecule has 5 heteroatoms. The fraction of sp³-hybridized carbons (Fsp3) is 0.267. The van der Waals surface area contributed by atoms with Gasteiger partial charge in [-0.05, 0) is 29.5 Å². The zero-order valence-electron chi connectivity index (χ0n) is 11.3. The second-order valence-electron chi connectivity index (χ2n) is 4.85. The van der Waals surface area contributed by atoms with Crippen molar-refractivity contribution in [3.05, 3.63) is 52.0 Å². The average Bonchev–Trinajstić information content (AvgIpc) is 2.88. The molecule has 0 radical (unpaired) electrons. The Hall–Kier alpha value is -1.88. The van der Waals surface area contributed by atoms with Gasteiger partial charge in [0.15, 0.2) is 0 Å². The van der Waals surface area contributed by atoms with Crippen molar-refractivity contribution in [1.82, 2.24) is 0 Å². The van der Waals surface area contributed by atoms with E-state index in [0.29, 0.717) is 5.69 Å². The topological polar surface area (TPSA) is 49.3 Å². The van der Waals surface area contributed by atoms with E-state index >= 15 is 0 Å². The summed E-state index contributed by atoms with van der Waals surface area (Å²) in [5.41, 5.74) is -0.000642. The van der Waals surface area contributed by atoms with E-state index in [1.807, 2.05) is 31.4 Å². The highest BCUT2D eigenvalue weighted by Crippen LogP contribution is 2.31. The molecule has 20 heavy (non-hydrogen) atoms. The SMILES string of the molecule is CC(C)C(Nc1cccc(F)c1C(=O)O)c1cccs1. The number of benzene rings is 1. The van der Waals surface area contributed by atoms with Crippen LogP contribution < -0.4 is 5.32 Å². The van der Waals surface area contributed by atoms with Crippen molar-refractivity contribution in [1.29, 1.82) is 0 Å². The summed E-state index contributed by atoms with van der Waals surface area (Å²) in [4.78, 5) is 12.3. The molecule has 0 amide bonds. The third kappa shape index (κ3) is 2.99. The first-order chi connectivity index (χ1) is 9.50. The van der Waals surface area contributed by atoms with Crippen LogP contribution in [0, 0.1) is 11.7 Å². The van der Waals surface area contributed by atoms with Crippen LogP contribution in [-0.2, 0) is 0 Å². The lowest BCUT2D eigenvalue weighted by Gasteiger charge is -2.23. The van der Waals surface area contributed by atoms with Gasteiger partial charge in [-0.25, -0.2) is 9.18 Å². The predicted molar refractivity (Wildman–Crippen MR) is 78.9 cm³/mol.